The number of hydrogen-bond acceptors (Lipinski definition) is 4. The van der Waals surface area contributed by atoms with E-state index in [2.05, 4.69) is 22.6 Å². The van der Waals surface area contributed by atoms with Gasteiger partial charge in [-0.25, -0.2) is 0 Å². The summed E-state index contributed by atoms with van der Waals surface area (Å²) in [7, 11) is 0. The van der Waals surface area contributed by atoms with Gasteiger partial charge in [0.2, 0.25) is 0 Å². The summed E-state index contributed by atoms with van der Waals surface area (Å²) in [6, 6.07) is 0. The smallest absolute Gasteiger partial charge is 0.0709 e. The van der Waals surface area contributed by atoms with Gasteiger partial charge in [0, 0.05) is 5.56 Å². The normalized spacial score (nSPS) is 11.7. The van der Waals surface area contributed by atoms with Crippen LogP contribution >= 0.6 is 22.6 Å². The molecule has 0 bridgehead atoms. The number of rotatable bonds is 0. The van der Waals surface area contributed by atoms with E-state index in [0.717, 1.165) is 9.13 Å². The van der Waals surface area contributed by atoms with Gasteiger partial charge in [0.05, 0.1) is 26.3 Å². The molecule has 0 amide bonds. The third-order valence-corrected chi connectivity index (χ3v) is 3.50. The number of hydrogen-bond donors (Lipinski definition) is 4. The average molecular weight is 320 g/mol. The Hall–Kier alpha value is -0.850. The average Bonchev–Trinajstić information content (AvgIpc) is 2.09. The molecule has 0 unspecified atom stereocenters. The van der Waals surface area contributed by atoms with E-state index in [1.54, 1.807) is 0 Å². The van der Waals surface area contributed by atoms with Gasteiger partial charge in [-0.15, -0.1) is 0 Å². The van der Waals surface area contributed by atoms with Gasteiger partial charge in [0.25, 0.3) is 0 Å². The molecular formula is C10H17IN4. The van der Waals surface area contributed by atoms with Crippen LogP contribution in [0.2, 0.25) is 0 Å². The van der Waals surface area contributed by atoms with Crippen LogP contribution in [0.4, 0.5) is 22.7 Å². The second-order valence-electron chi connectivity index (χ2n) is 4.59. The molecule has 0 radical (unpaired) electrons. The number of anilines is 4. The van der Waals surface area contributed by atoms with Crippen LogP contribution in [0.5, 0.6) is 0 Å². The Kier molecular flexibility index (Phi) is 2.95. The minimum absolute atomic E-state index is 0.166. The van der Waals surface area contributed by atoms with Crippen LogP contribution in [-0.2, 0) is 5.41 Å². The van der Waals surface area contributed by atoms with E-state index in [-0.39, 0.29) is 5.41 Å². The first-order valence-corrected chi connectivity index (χ1v) is 5.67. The highest BCUT2D eigenvalue weighted by Crippen LogP contribution is 2.42. The van der Waals surface area contributed by atoms with Gasteiger partial charge in [-0.1, -0.05) is 20.8 Å². The summed E-state index contributed by atoms with van der Waals surface area (Å²) in [6.07, 6.45) is 0. The molecule has 0 spiro atoms. The fourth-order valence-corrected chi connectivity index (χ4v) is 2.19. The highest BCUT2D eigenvalue weighted by Gasteiger charge is 2.25. The van der Waals surface area contributed by atoms with Crippen molar-refractivity contribution in [1.29, 1.82) is 0 Å². The van der Waals surface area contributed by atoms with Crippen molar-refractivity contribution in [1.82, 2.24) is 0 Å². The molecule has 1 aromatic rings. The van der Waals surface area contributed by atoms with Crippen molar-refractivity contribution < 1.29 is 0 Å². The maximum atomic E-state index is 5.97. The van der Waals surface area contributed by atoms with E-state index in [1.165, 1.54) is 0 Å². The number of nitrogen functional groups attached to an aromatic ring is 4. The zero-order valence-corrected chi connectivity index (χ0v) is 11.3. The maximum Gasteiger partial charge on any atom is 0.0709 e. The third kappa shape index (κ3) is 1.92. The lowest BCUT2D eigenvalue weighted by atomic mass is 9.83. The first-order chi connectivity index (χ1) is 6.68. The summed E-state index contributed by atoms with van der Waals surface area (Å²) >= 11 is 2.05. The summed E-state index contributed by atoms with van der Waals surface area (Å²) in [5.41, 5.74) is 26.5. The van der Waals surface area contributed by atoms with Gasteiger partial charge < -0.3 is 22.9 Å². The van der Waals surface area contributed by atoms with Crippen molar-refractivity contribution in [3.05, 3.63) is 9.13 Å². The van der Waals surface area contributed by atoms with Crippen LogP contribution in [0.1, 0.15) is 26.3 Å². The molecule has 0 saturated carbocycles. The molecule has 4 nitrogen and oxygen atoms in total. The molecule has 0 aliphatic rings. The summed E-state index contributed by atoms with van der Waals surface area (Å²) in [5, 5.41) is 0. The molecule has 0 aromatic heterocycles. The topological polar surface area (TPSA) is 104 Å². The summed E-state index contributed by atoms with van der Waals surface area (Å²) < 4.78 is 0.732. The number of nitrogens with two attached hydrogens (primary N) is 4. The Morgan fingerprint density at radius 1 is 0.800 bits per heavy atom. The van der Waals surface area contributed by atoms with E-state index >= 15 is 0 Å². The molecule has 0 saturated heterocycles. The quantitative estimate of drug-likeness (QED) is 0.433. The van der Waals surface area contributed by atoms with Crippen molar-refractivity contribution in [3.8, 4) is 0 Å². The fourth-order valence-electron chi connectivity index (χ4n) is 1.60. The molecule has 1 aromatic carbocycles. The first kappa shape index (κ1) is 12.2. The van der Waals surface area contributed by atoms with Crippen LogP contribution in [-0.4, -0.2) is 0 Å². The van der Waals surface area contributed by atoms with Gasteiger partial charge in [0.1, 0.15) is 0 Å². The Bertz CT molecular complexity index is 378. The summed E-state index contributed by atoms with van der Waals surface area (Å²) in [6.45, 7) is 6.09. The highest BCUT2D eigenvalue weighted by atomic mass is 127. The number of benzene rings is 1. The van der Waals surface area contributed by atoms with E-state index in [4.69, 9.17) is 22.9 Å². The highest BCUT2D eigenvalue weighted by molar-refractivity contribution is 14.1. The lowest BCUT2D eigenvalue weighted by Crippen LogP contribution is -2.20. The van der Waals surface area contributed by atoms with E-state index < -0.39 is 0 Å². The minimum atomic E-state index is -0.166. The molecule has 5 heteroatoms. The maximum absolute atomic E-state index is 5.97. The molecule has 0 heterocycles. The molecule has 1 rings (SSSR count). The lowest BCUT2D eigenvalue weighted by molar-refractivity contribution is 0.595. The van der Waals surface area contributed by atoms with Gasteiger partial charge >= 0.3 is 0 Å². The Balaban J connectivity index is 3.68. The van der Waals surface area contributed by atoms with Gasteiger partial charge in [-0.05, 0) is 28.0 Å². The predicted molar refractivity (Wildman–Crippen MR) is 75.5 cm³/mol. The molecule has 84 valence electrons. The zero-order valence-electron chi connectivity index (χ0n) is 9.19. The minimum Gasteiger partial charge on any atom is -0.397 e. The van der Waals surface area contributed by atoms with Crippen LogP contribution in [0, 0.1) is 3.57 Å². The SMILES string of the molecule is CC(C)(C)c1c(N)c(N)c(I)c(N)c1N. The van der Waals surface area contributed by atoms with Crippen molar-refractivity contribution in [2.75, 3.05) is 22.9 Å². The Morgan fingerprint density at radius 2 is 1.13 bits per heavy atom. The summed E-state index contributed by atoms with van der Waals surface area (Å²) in [4.78, 5) is 0. The Labute approximate surface area is 104 Å². The molecule has 0 aliphatic heterocycles. The van der Waals surface area contributed by atoms with Crippen molar-refractivity contribution >= 4 is 45.3 Å². The van der Waals surface area contributed by atoms with Crippen LogP contribution in [0.15, 0.2) is 0 Å². The fraction of sp³-hybridized carbons (Fsp3) is 0.400. The third-order valence-electron chi connectivity index (χ3n) is 2.34. The van der Waals surface area contributed by atoms with Crippen LogP contribution in [0.3, 0.4) is 0 Å². The van der Waals surface area contributed by atoms with E-state index in [9.17, 15) is 0 Å². The van der Waals surface area contributed by atoms with E-state index in [0.29, 0.717) is 22.7 Å². The van der Waals surface area contributed by atoms with E-state index in [1.807, 2.05) is 20.8 Å². The molecule has 0 atom stereocenters. The van der Waals surface area contributed by atoms with Crippen LogP contribution < -0.4 is 22.9 Å². The molecule has 0 fully saturated rings. The van der Waals surface area contributed by atoms with Crippen molar-refractivity contribution in [2.45, 2.75) is 26.2 Å². The van der Waals surface area contributed by atoms with Gasteiger partial charge in [-0.3, -0.25) is 0 Å². The predicted octanol–water partition coefficient (Wildman–Crippen LogP) is 1.92. The zero-order chi connectivity index (χ0) is 12.0. The summed E-state index contributed by atoms with van der Waals surface area (Å²) in [5.74, 6) is 0. The second kappa shape index (κ2) is 3.62. The lowest BCUT2D eigenvalue weighted by Gasteiger charge is -2.26. The molecular weight excluding hydrogens is 303 g/mol. The monoisotopic (exact) mass is 320 g/mol. The van der Waals surface area contributed by atoms with Crippen molar-refractivity contribution in [3.63, 3.8) is 0 Å². The van der Waals surface area contributed by atoms with Gasteiger partial charge in [0.15, 0.2) is 0 Å². The van der Waals surface area contributed by atoms with Crippen LogP contribution in [0.25, 0.3) is 0 Å². The second-order valence-corrected chi connectivity index (χ2v) is 5.67. The number of halogens is 1. The molecule has 0 aliphatic carbocycles. The van der Waals surface area contributed by atoms with Crippen molar-refractivity contribution in [2.24, 2.45) is 0 Å². The first-order valence-electron chi connectivity index (χ1n) is 4.59. The largest absolute Gasteiger partial charge is 0.397 e. The van der Waals surface area contributed by atoms with Gasteiger partial charge in [-0.2, -0.15) is 0 Å². The molecule has 8 N–H and O–H groups in total. The standard InChI is InChI=1S/C10H17IN4/c1-10(2,3)4-6(12)8(14)5(11)9(15)7(4)13/h12-15H2,1-3H3. The molecule has 15 heavy (non-hydrogen) atoms. The Morgan fingerprint density at radius 3 is 1.40 bits per heavy atom.